The molecule has 3 heterocycles. The van der Waals surface area contributed by atoms with E-state index in [4.69, 9.17) is 4.52 Å². The summed E-state index contributed by atoms with van der Waals surface area (Å²) in [6.07, 6.45) is 5.50. The summed E-state index contributed by atoms with van der Waals surface area (Å²) in [5.74, 6) is 1.23. The molecule has 0 N–H and O–H groups in total. The Kier molecular flexibility index (Phi) is 5.65. The highest BCUT2D eigenvalue weighted by Gasteiger charge is 2.28. The summed E-state index contributed by atoms with van der Waals surface area (Å²) in [7, 11) is 0. The number of benzene rings is 2. The standard InChI is InChI=1S/C25H30N4O/c1-19-26-25(27-30-19)23-11-9-22(10-12-23)21-7-5-20(6-8-21)17-28-16-13-24(18-28)29-14-3-2-4-15-29/h5-12,24H,2-4,13-18H2,1H3/t24-/m0/s1. The molecule has 0 aliphatic carbocycles. The van der Waals surface area contributed by atoms with E-state index < -0.39 is 0 Å². The van der Waals surface area contributed by atoms with Crippen molar-refractivity contribution in [1.29, 1.82) is 0 Å². The first kappa shape index (κ1) is 19.5. The van der Waals surface area contributed by atoms with Crippen molar-refractivity contribution in [3.63, 3.8) is 0 Å². The number of aryl methyl sites for hydroxylation is 1. The van der Waals surface area contributed by atoms with Crippen LogP contribution in [-0.4, -0.2) is 52.2 Å². The summed E-state index contributed by atoms with van der Waals surface area (Å²) in [5, 5.41) is 3.99. The van der Waals surface area contributed by atoms with Gasteiger partial charge in [-0.1, -0.05) is 60.1 Å². The van der Waals surface area contributed by atoms with Crippen LogP contribution in [0.25, 0.3) is 22.5 Å². The molecule has 30 heavy (non-hydrogen) atoms. The van der Waals surface area contributed by atoms with Crippen molar-refractivity contribution >= 4 is 0 Å². The maximum absolute atomic E-state index is 5.07. The van der Waals surface area contributed by atoms with Gasteiger partial charge in [0.05, 0.1) is 0 Å². The molecule has 0 radical (unpaired) electrons. The molecule has 2 aromatic carbocycles. The molecule has 5 heteroatoms. The van der Waals surface area contributed by atoms with Crippen LogP contribution in [0.2, 0.25) is 0 Å². The zero-order chi connectivity index (χ0) is 20.3. The van der Waals surface area contributed by atoms with Gasteiger partial charge in [-0.25, -0.2) is 0 Å². The van der Waals surface area contributed by atoms with Crippen molar-refractivity contribution in [2.75, 3.05) is 26.2 Å². The van der Waals surface area contributed by atoms with Gasteiger partial charge in [-0.15, -0.1) is 0 Å². The highest BCUT2D eigenvalue weighted by Crippen LogP contribution is 2.25. The van der Waals surface area contributed by atoms with Crippen LogP contribution >= 0.6 is 0 Å². The van der Waals surface area contributed by atoms with Gasteiger partial charge in [0.1, 0.15) is 0 Å². The number of nitrogens with zero attached hydrogens (tertiary/aromatic N) is 4. The Bertz CT molecular complexity index is 958. The van der Waals surface area contributed by atoms with Crippen molar-refractivity contribution in [3.8, 4) is 22.5 Å². The summed E-state index contributed by atoms with van der Waals surface area (Å²) >= 11 is 0. The molecule has 5 nitrogen and oxygen atoms in total. The minimum Gasteiger partial charge on any atom is -0.339 e. The Morgan fingerprint density at radius 3 is 2.20 bits per heavy atom. The zero-order valence-electron chi connectivity index (χ0n) is 17.8. The van der Waals surface area contributed by atoms with E-state index in [1.54, 1.807) is 0 Å². The van der Waals surface area contributed by atoms with Gasteiger partial charge in [0, 0.05) is 38.2 Å². The van der Waals surface area contributed by atoms with Gasteiger partial charge in [-0.2, -0.15) is 4.98 Å². The molecule has 2 saturated heterocycles. The van der Waals surface area contributed by atoms with Gasteiger partial charge >= 0.3 is 0 Å². The lowest BCUT2D eigenvalue weighted by molar-refractivity contribution is 0.161. The van der Waals surface area contributed by atoms with Crippen LogP contribution < -0.4 is 0 Å². The number of aromatic nitrogens is 2. The number of piperidine rings is 1. The first-order valence-electron chi connectivity index (χ1n) is 11.2. The fraction of sp³-hybridized carbons (Fsp3) is 0.440. The van der Waals surface area contributed by atoms with Gasteiger partial charge < -0.3 is 4.52 Å². The first-order valence-corrected chi connectivity index (χ1v) is 11.2. The third-order valence-corrected chi connectivity index (χ3v) is 6.52. The van der Waals surface area contributed by atoms with Crippen molar-refractivity contribution in [1.82, 2.24) is 19.9 Å². The van der Waals surface area contributed by atoms with E-state index >= 15 is 0 Å². The van der Waals surface area contributed by atoms with Gasteiger partial charge in [-0.3, -0.25) is 9.80 Å². The Hall–Kier alpha value is -2.50. The molecule has 2 aliphatic rings. The van der Waals surface area contributed by atoms with E-state index in [1.807, 2.05) is 6.92 Å². The largest absolute Gasteiger partial charge is 0.339 e. The smallest absolute Gasteiger partial charge is 0.223 e. The van der Waals surface area contributed by atoms with Crippen LogP contribution in [0, 0.1) is 6.92 Å². The third-order valence-electron chi connectivity index (χ3n) is 6.52. The van der Waals surface area contributed by atoms with Crippen LogP contribution in [-0.2, 0) is 6.54 Å². The minimum absolute atomic E-state index is 0.588. The topological polar surface area (TPSA) is 45.4 Å². The zero-order valence-corrected chi connectivity index (χ0v) is 17.8. The summed E-state index contributed by atoms with van der Waals surface area (Å²) in [4.78, 5) is 9.64. The molecular formula is C25H30N4O. The van der Waals surface area contributed by atoms with E-state index in [2.05, 4.69) is 68.5 Å². The third kappa shape index (κ3) is 4.32. The van der Waals surface area contributed by atoms with Crippen molar-refractivity contribution in [3.05, 3.63) is 60.0 Å². The van der Waals surface area contributed by atoms with Gasteiger partial charge in [-0.05, 0) is 49.0 Å². The average Bonchev–Trinajstić information content (AvgIpc) is 3.44. The van der Waals surface area contributed by atoms with Crippen molar-refractivity contribution in [2.24, 2.45) is 0 Å². The molecule has 156 valence electrons. The Morgan fingerprint density at radius 1 is 0.867 bits per heavy atom. The summed E-state index contributed by atoms with van der Waals surface area (Å²) in [6, 6.07) is 18.2. The lowest BCUT2D eigenvalue weighted by Crippen LogP contribution is -2.40. The second kappa shape index (κ2) is 8.70. The molecule has 0 saturated carbocycles. The molecular weight excluding hydrogens is 372 g/mol. The molecule has 3 aromatic rings. The molecule has 0 bridgehead atoms. The minimum atomic E-state index is 0.588. The molecule has 1 aromatic heterocycles. The molecule has 0 amide bonds. The fourth-order valence-corrected chi connectivity index (χ4v) is 4.83. The van der Waals surface area contributed by atoms with Crippen LogP contribution in [0.4, 0.5) is 0 Å². The van der Waals surface area contributed by atoms with Gasteiger partial charge in [0.25, 0.3) is 0 Å². The van der Waals surface area contributed by atoms with Gasteiger partial charge in [0.2, 0.25) is 11.7 Å². The number of hydrogen-bond donors (Lipinski definition) is 0. The van der Waals surface area contributed by atoms with Crippen molar-refractivity contribution in [2.45, 2.75) is 45.2 Å². The van der Waals surface area contributed by atoms with E-state index in [-0.39, 0.29) is 0 Å². The summed E-state index contributed by atoms with van der Waals surface area (Å²) in [6.45, 7) is 7.92. The maximum Gasteiger partial charge on any atom is 0.223 e. The SMILES string of the molecule is Cc1nc(-c2ccc(-c3ccc(CN4CC[C@H](N5CCCCC5)C4)cc3)cc2)no1. The Balaban J connectivity index is 1.19. The second-order valence-corrected chi connectivity index (χ2v) is 8.69. The summed E-state index contributed by atoms with van der Waals surface area (Å²) < 4.78 is 5.07. The predicted octanol–water partition coefficient (Wildman–Crippen LogP) is 4.77. The molecule has 0 spiro atoms. The fourth-order valence-electron chi connectivity index (χ4n) is 4.83. The Labute approximate surface area is 178 Å². The normalized spacial score (nSPS) is 20.6. The predicted molar refractivity (Wildman–Crippen MR) is 119 cm³/mol. The van der Waals surface area contributed by atoms with Gasteiger partial charge in [0.15, 0.2) is 0 Å². The average molecular weight is 403 g/mol. The lowest BCUT2D eigenvalue weighted by atomic mass is 10.0. The van der Waals surface area contributed by atoms with E-state index in [0.29, 0.717) is 11.7 Å². The van der Waals surface area contributed by atoms with E-state index in [9.17, 15) is 0 Å². The second-order valence-electron chi connectivity index (χ2n) is 8.69. The summed E-state index contributed by atoms with van der Waals surface area (Å²) in [5.41, 5.74) is 4.82. The van der Waals surface area contributed by atoms with Crippen molar-refractivity contribution < 1.29 is 4.52 Å². The quantitative estimate of drug-likeness (QED) is 0.615. The van der Waals surface area contributed by atoms with Crippen LogP contribution in [0.1, 0.15) is 37.1 Å². The van der Waals surface area contributed by atoms with Crippen LogP contribution in [0.5, 0.6) is 0 Å². The number of hydrogen-bond acceptors (Lipinski definition) is 5. The van der Waals surface area contributed by atoms with E-state index in [1.165, 1.54) is 68.6 Å². The Morgan fingerprint density at radius 2 is 1.53 bits per heavy atom. The lowest BCUT2D eigenvalue weighted by Gasteiger charge is -2.32. The van der Waals surface area contributed by atoms with Crippen LogP contribution in [0.15, 0.2) is 53.1 Å². The number of rotatable bonds is 5. The maximum atomic E-state index is 5.07. The molecule has 5 rings (SSSR count). The molecule has 2 fully saturated rings. The molecule has 2 aliphatic heterocycles. The monoisotopic (exact) mass is 402 g/mol. The highest BCUT2D eigenvalue weighted by molar-refractivity contribution is 5.67. The van der Waals surface area contributed by atoms with E-state index in [0.717, 1.165) is 18.2 Å². The highest BCUT2D eigenvalue weighted by atomic mass is 16.5. The molecule has 0 unspecified atom stereocenters. The first-order chi connectivity index (χ1) is 14.7. The van der Waals surface area contributed by atoms with Crippen LogP contribution in [0.3, 0.4) is 0 Å². The number of likely N-dealkylation sites (tertiary alicyclic amines) is 2. The molecule has 1 atom stereocenters.